The summed E-state index contributed by atoms with van der Waals surface area (Å²) in [5, 5.41) is 0. The average molecular weight is 306 g/mol. The fourth-order valence-electron chi connectivity index (χ4n) is 3.69. The van der Waals surface area contributed by atoms with Crippen LogP contribution in [0, 0.1) is 0 Å². The lowest BCUT2D eigenvalue weighted by Crippen LogP contribution is -2.25. The molecule has 0 saturated carbocycles. The van der Waals surface area contributed by atoms with E-state index in [-0.39, 0.29) is 0 Å². The van der Waals surface area contributed by atoms with E-state index in [0.29, 0.717) is 6.04 Å². The van der Waals surface area contributed by atoms with E-state index in [2.05, 4.69) is 57.8 Å². The fourth-order valence-corrected chi connectivity index (χ4v) is 3.69. The molecule has 1 aliphatic heterocycles. The Hall–Kier alpha value is -2.20. The van der Waals surface area contributed by atoms with Crippen LogP contribution >= 0.6 is 0 Å². The van der Waals surface area contributed by atoms with Crippen molar-refractivity contribution in [2.24, 2.45) is 0 Å². The van der Waals surface area contributed by atoms with E-state index in [1.54, 1.807) is 0 Å². The minimum absolute atomic E-state index is 0.393. The molecule has 4 heteroatoms. The van der Waals surface area contributed by atoms with Gasteiger partial charge in [-0.15, -0.1) is 0 Å². The zero-order chi connectivity index (χ0) is 15.6. The van der Waals surface area contributed by atoms with Crippen molar-refractivity contribution in [3.05, 3.63) is 60.2 Å². The summed E-state index contributed by atoms with van der Waals surface area (Å²) in [7, 11) is 0. The number of imidazole rings is 1. The summed E-state index contributed by atoms with van der Waals surface area (Å²) in [6.45, 7) is 5.19. The molecule has 0 spiro atoms. The summed E-state index contributed by atoms with van der Waals surface area (Å²) in [6, 6.07) is 15.0. The van der Waals surface area contributed by atoms with E-state index in [4.69, 9.17) is 4.98 Å². The normalized spacial score (nSPS) is 18.7. The van der Waals surface area contributed by atoms with Gasteiger partial charge in [0.25, 0.3) is 0 Å². The van der Waals surface area contributed by atoms with Gasteiger partial charge in [-0.3, -0.25) is 9.88 Å². The summed E-state index contributed by atoms with van der Waals surface area (Å²) < 4.78 is 2.37. The Kier molecular flexibility index (Phi) is 3.83. The lowest BCUT2D eigenvalue weighted by molar-refractivity contribution is 0.233. The summed E-state index contributed by atoms with van der Waals surface area (Å²) in [5.74, 6) is 1.21. The Bertz CT molecular complexity index is 793. The lowest BCUT2D eigenvalue weighted by Gasteiger charge is -2.24. The van der Waals surface area contributed by atoms with Crippen LogP contribution in [0.2, 0.25) is 0 Å². The first kappa shape index (κ1) is 14.4. The summed E-state index contributed by atoms with van der Waals surface area (Å²) in [6.07, 6.45) is 4.28. The molecule has 0 radical (unpaired) electrons. The first-order valence-corrected chi connectivity index (χ1v) is 8.46. The largest absolute Gasteiger partial charge is 0.327 e. The van der Waals surface area contributed by atoms with E-state index in [9.17, 15) is 0 Å². The summed E-state index contributed by atoms with van der Waals surface area (Å²) in [4.78, 5) is 12.0. The van der Waals surface area contributed by atoms with Crippen LogP contribution < -0.4 is 0 Å². The van der Waals surface area contributed by atoms with E-state index >= 15 is 0 Å². The average Bonchev–Trinajstić information content (AvgIpc) is 3.19. The Balaban J connectivity index is 1.68. The van der Waals surface area contributed by atoms with Crippen molar-refractivity contribution in [2.75, 3.05) is 6.54 Å². The predicted octanol–water partition coefficient (Wildman–Crippen LogP) is 3.79. The molecule has 0 N–H and O–H groups in total. The van der Waals surface area contributed by atoms with Crippen LogP contribution in [0.4, 0.5) is 0 Å². The van der Waals surface area contributed by atoms with Gasteiger partial charge in [-0.05, 0) is 50.6 Å². The number of pyridine rings is 1. The molecule has 118 valence electrons. The van der Waals surface area contributed by atoms with Gasteiger partial charge >= 0.3 is 0 Å². The quantitative estimate of drug-likeness (QED) is 0.735. The van der Waals surface area contributed by atoms with Crippen molar-refractivity contribution in [3.63, 3.8) is 0 Å². The van der Waals surface area contributed by atoms with E-state index in [1.165, 1.54) is 24.2 Å². The highest BCUT2D eigenvalue weighted by Gasteiger charge is 2.30. The summed E-state index contributed by atoms with van der Waals surface area (Å²) in [5.41, 5.74) is 3.49. The van der Waals surface area contributed by atoms with Crippen molar-refractivity contribution in [2.45, 2.75) is 38.9 Å². The van der Waals surface area contributed by atoms with Crippen LogP contribution in [0.15, 0.2) is 48.7 Å². The Morgan fingerprint density at radius 1 is 1.13 bits per heavy atom. The molecular formula is C19H22N4. The van der Waals surface area contributed by atoms with Gasteiger partial charge in [-0.2, -0.15) is 0 Å². The molecule has 0 aliphatic carbocycles. The number of aryl methyl sites for hydroxylation is 1. The summed E-state index contributed by atoms with van der Waals surface area (Å²) >= 11 is 0. The molecule has 23 heavy (non-hydrogen) atoms. The Labute approximate surface area is 136 Å². The van der Waals surface area contributed by atoms with Gasteiger partial charge < -0.3 is 4.57 Å². The van der Waals surface area contributed by atoms with Crippen LogP contribution in [0.25, 0.3) is 11.0 Å². The van der Waals surface area contributed by atoms with Crippen LogP contribution in [-0.4, -0.2) is 26.0 Å². The first-order valence-electron chi connectivity index (χ1n) is 8.46. The van der Waals surface area contributed by atoms with Gasteiger partial charge in [0, 0.05) is 19.3 Å². The number of hydrogen-bond acceptors (Lipinski definition) is 3. The third kappa shape index (κ3) is 2.63. The molecule has 3 heterocycles. The lowest BCUT2D eigenvalue weighted by atomic mass is 10.2. The van der Waals surface area contributed by atoms with Gasteiger partial charge in [-0.1, -0.05) is 18.2 Å². The topological polar surface area (TPSA) is 34.0 Å². The van der Waals surface area contributed by atoms with Gasteiger partial charge in [0.15, 0.2) is 0 Å². The monoisotopic (exact) mass is 306 g/mol. The number of likely N-dealkylation sites (tertiary alicyclic amines) is 1. The first-order chi connectivity index (χ1) is 11.4. The Morgan fingerprint density at radius 3 is 2.83 bits per heavy atom. The maximum absolute atomic E-state index is 4.96. The molecule has 3 aromatic rings. The standard InChI is InChI=1S/C19H22N4/c1-2-23-17-10-4-3-9-16(17)21-19(23)18-11-7-13-22(18)14-15-8-5-6-12-20-15/h3-6,8-10,12,18H,2,7,11,13-14H2,1H3/t18-/m0/s1. The number of hydrogen-bond donors (Lipinski definition) is 0. The molecule has 4 rings (SSSR count). The highest BCUT2D eigenvalue weighted by Crippen LogP contribution is 2.34. The highest BCUT2D eigenvalue weighted by atomic mass is 15.2. The van der Waals surface area contributed by atoms with E-state index in [0.717, 1.165) is 30.8 Å². The molecule has 1 aromatic carbocycles. The van der Waals surface area contributed by atoms with Gasteiger partial charge in [-0.25, -0.2) is 4.98 Å². The van der Waals surface area contributed by atoms with Crippen LogP contribution in [0.5, 0.6) is 0 Å². The van der Waals surface area contributed by atoms with Crippen LogP contribution in [0.3, 0.4) is 0 Å². The Morgan fingerprint density at radius 2 is 2.00 bits per heavy atom. The van der Waals surface area contributed by atoms with Crippen molar-refractivity contribution in [1.29, 1.82) is 0 Å². The highest BCUT2D eigenvalue weighted by molar-refractivity contribution is 5.76. The van der Waals surface area contributed by atoms with Gasteiger partial charge in [0.05, 0.1) is 22.8 Å². The second kappa shape index (κ2) is 6.13. The number of benzene rings is 1. The van der Waals surface area contributed by atoms with E-state index < -0.39 is 0 Å². The van der Waals surface area contributed by atoms with Crippen molar-refractivity contribution in [3.8, 4) is 0 Å². The number of para-hydroxylation sites is 2. The third-order valence-electron chi connectivity index (χ3n) is 4.75. The third-order valence-corrected chi connectivity index (χ3v) is 4.75. The van der Waals surface area contributed by atoms with Gasteiger partial charge in [0.2, 0.25) is 0 Å². The van der Waals surface area contributed by atoms with Crippen LogP contribution in [0.1, 0.15) is 37.3 Å². The molecule has 1 saturated heterocycles. The number of aromatic nitrogens is 3. The number of rotatable bonds is 4. The smallest absolute Gasteiger partial charge is 0.127 e. The van der Waals surface area contributed by atoms with Crippen molar-refractivity contribution < 1.29 is 0 Å². The molecule has 0 amide bonds. The maximum atomic E-state index is 4.96. The fraction of sp³-hybridized carbons (Fsp3) is 0.368. The van der Waals surface area contributed by atoms with Crippen molar-refractivity contribution >= 4 is 11.0 Å². The minimum atomic E-state index is 0.393. The number of nitrogens with zero attached hydrogens (tertiary/aromatic N) is 4. The molecule has 4 nitrogen and oxygen atoms in total. The molecule has 1 aliphatic rings. The van der Waals surface area contributed by atoms with Gasteiger partial charge in [0.1, 0.15) is 5.82 Å². The van der Waals surface area contributed by atoms with Crippen molar-refractivity contribution in [1.82, 2.24) is 19.4 Å². The van der Waals surface area contributed by atoms with E-state index in [1.807, 2.05) is 12.3 Å². The number of fused-ring (bicyclic) bond motifs is 1. The molecule has 0 unspecified atom stereocenters. The maximum Gasteiger partial charge on any atom is 0.127 e. The molecule has 2 aromatic heterocycles. The predicted molar refractivity (Wildman–Crippen MR) is 92.0 cm³/mol. The van der Waals surface area contributed by atoms with Crippen LogP contribution in [-0.2, 0) is 13.1 Å². The minimum Gasteiger partial charge on any atom is -0.327 e. The zero-order valence-electron chi connectivity index (χ0n) is 13.5. The molecular weight excluding hydrogens is 284 g/mol. The second-order valence-corrected chi connectivity index (χ2v) is 6.15. The second-order valence-electron chi connectivity index (χ2n) is 6.15. The molecule has 0 bridgehead atoms. The molecule has 1 atom stereocenters. The SMILES string of the molecule is CCn1c([C@@H]2CCCN2Cc2ccccn2)nc2ccccc21. The molecule has 1 fully saturated rings. The zero-order valence-corrected chi connectivity index (χ0v) is 13.5.